The molecule has 0 fully saturated rings. The molecule has 0 bridgehead atoms. The van der Waals surface area contributed by atoms with Gasteiger partial charge in [-0.05, 0) is 26.2 Å². The van der Waals surface area contributed by atoms with E-state index in [-0.39, 0.29) is 31.8 Å². The van der Waals surface area contributed by atoms with E-state index in [2.05, 4.69) is 15.6 Å². The number of guanidine groups is 1. The third-order valence-corrected chi connectivity index (χ3v) is 4.64. The van der Waals surface area contributed by atoms with Gasteiger partial charge in [-0.15, -0.1) is 0 Å². The topological polar surface area (TPSA) is 310 Å². The fourth-order valence-corrected chi connectivity index (χ4v) is 2.76. The van der Waals surface area contributed by atoms with Crippen LogP contribution in [0.5, 0.6) is 0 Å². The summed E-state index contributed by atoms with van der Waals surface area (Å²) in [5.74, 6) is -7.62. The van der Waals surface area contributed by atoms with Crippen LogP contribution >= 0.6 is 0 Å². The van der Waals surface area contributed by atoms with Crippen LogP contribution in [-0.4, -0.2) is 98.8 Å². The van der Waals surface area contributed by atoms with Gasteiger partial charge in [-0.2, -0.15) is 0 Å². The van der Waals surface area contributed by atoms with Crippen LogP contribution in [0.15, 0.2) is 4.99 Å². The molecule has 0 heterocycles. The first kappa shape index (κ1) is 32.0. The van der Waals surface area contributed by atoms with Gasteiger partial charge < -0.3 is 53.6 Å². The number of carboxylic acid groups (broad SMARTS) is 3. The fourth-order valence-electron chi connectivity index (χ4n) is 2.76. The highest BCUT2D eigenvalue weighted by atomic mass is 16.4. The highest BCUT2D eigenvalue weighted by Crippen LogP contribution is 2.05. The Hall–Kier alpha value is -3.99. The average Bonchev–Trinajstić information content (AvgIpc) is 2.75. The van der Waals surface area contributed by atoms with Crippen molar-refractivity contribution in [2.24, 2.45) is 22.2 Å². The molecule has 0 aliphatic carbocycles. The smallest absolute Gasteiger partial charge is 0.328 e. The first-order valence-electron chi connectivity index (χ1n) is 10.7. The predicted molar refractivity (Wildman–Crippen MR) is 122 cm³/mol. The maximum atomic E-state index is 12.9. The molecular formula is C19H33N7O10. The summed E-state index contributed by atoms with van der Waals surface area (Å²) < 4.78 is 0. The van der Waals surface area contributed by atoms with Crippen LogP contribution in [0.25, 0.3) is 0 Å². The molecule has 13 N–H and O–H groups in total. The molecule has 0 rings (SSSR count). The normalized spacial score (nSPS) is 14.8. The zero-order chi connectivity index (χ0) is 28.0. The number of nitrogens with two attached hydrogens (primary N) is 3. The number of hydrogen-bond acceptors (Lipinski definition) is 9. The lowest BCUT2D eigenvalue weighted by Crippen LogP contribution is -2.58. The second-order valence-corrected chi connectivity index (χ2v) is 7.77. The fraction of sp³-hybridized carbons (Fsp3) is 0.632. The quantitative estimate of drug-likeness (QED) is 0.0493. The van der Waals surface area contributed by atoms with Gasteiger partial charge in [0.1, 0.15) is 12.1 Å². The van der Waals surface area contributed by atoms with Crippen molar-refractivity contribution in [1.29, 1.82) is 0 Å². The number of aliphatic hydroxyl groups excluding tert-OH is 1. The molecular weight excluding hydrogens is 486 g/mol. The standard InChI is InChI=1S/C19H33N7O10/c1-8(27)14(18(35)36)26-17(34)11(7-13(30)31)25-16(33)10(3-2-6-23-19(21)22)24-15(32)9(20)4-5-12(28)29/h8-11,14,27H,2-7,20H2,1H3,(H,24,32)(H,25,33)(H,26,34)(H,28,29)(H,30,31)(H,35,36)(H4,21,22,23). The molecule has 3 amide bonds. The number of carbonyl (C=O) groups is 6. The van der Waals surface area contributed by atoms with Crippen LogP contribution in [-0.2, 0) is 28.8 Å². The molecule has 36 heavy (non-hydrogen) atoms. The molecule has 5 atom stereocenters. The number of aliphatic imine (C=N–C) groups is 1. The van der Waals surface area contributed by atoms with Gasteiger partial charge in [0.15, 0.2) is 12.0 Å². The van der Waals surface area contributed by atoms with Gasteiger partial charge in [0, 0.05) is 13.0 Å². The molecule has 0 aliphatic heterocycles. The second kappa shape index (κ2) is 15.8. The Morgan fingerprint density at radius 3 is 1.86 bits per heavy atom. The molecule has 0 saturated carbocycles. The third-order valence-electron chi connectivity index (χ3n) is 4.64. The number of amides is 3. The number of carboxylic acids is 3. The number of aliphatic carboxylic acids is 3. The SMILES string of the molecule is CC(O)C(NC(=O)C(CC(=O)O)NC(=O)C(CCCN=C(N)N)NC(=O)C(N)CCC(=O)O)C(=O)O. The minimum atomic E-state index is -1.78. The number of nitrogens with one attached hydrogen (secondary N) is 3. The Labute approximate surface area is 205 Å². The van der Waals surface area contributed by atoms with Crippen LogP contribution < -0.4 is 33.2 Å². The summed E-state index contributed by atoms with van der Waals surface area (Å²) in [6.45, 7) is 1.14. The van der Waals surface area contributed by atoms with Crippen LogP contribution in [0, 0.1) is 0 Å². The minimum absolute atomic E-state index is 0.0563. The van der Waals surface area contributed by atoms with Crippen LogP contribution in [0.1, 0.15) is 39.0 Å². The lowest BCUT2D eigenvalue weighted by molar-refractivity contribution is -0.146. The van der Waals surface area contributed by atoms with Gasteiger partial charge >= 0.3 is 17.9 Å². The third kappa shape index (κ3) is 13.0. The van der Waals surface area contributed by atoms with E-state index < -0.39 is 78.7 Å². The van der Waals surface area contributed by atoms with E-state index in [4.69, 9.17) is 32.5 Å². The van der Waals surface area contributed by atoms with E-state index in [0.717, 1.165) is 6.92 Å². The highest BCUT2D eigenvalue weighted by molar-refractivity contribution is 5.95. The summed E-state index contributed by atoms with van der Waals surface area (Å²) in [7, 11) is 0. The molecule has 17 heteroatoms. The first-order valence-corrected chi connectivity index (χ1v) is 10.7. The maximum absolute atomic E-state index is 12.9. The zero-order valence-corrected chi connectivity index (χ0v) is 19.5. The van der Waals surface area contributed by atoms with Gasteiger partial charge in [0.05, 0.1) is 18.6 Å². The van der Waals surface area contributed by atoms with Crippen molar-refractivity contribution in [3.63, 3.8) is 0 Å². The Morgan fingerprint density at radius 1 is 0.833 bits per heavy atom. The Kier molecular flexibility index (Phi) is 14.1. The second-order valence-electron chi connectivity index (χ2n) is 7.77. The van der Waals surface area contributed by atoms with Gasteiger partial charge in [-0.3, -0.25) is 29.0 Å². The Morgan fingerprint density at radius 2 is 1.39 bits per heavy atom. The number of rotatable bonds is 17. The van der Waals surface area contributed by atoms with Crippen molar-refractivity contribution >= 4 is 41.6 Å². The van der Waals surface area contributed by atoms with E-state index in [0.29, 0.717) is 0 Å². The van der Waals surface area contributed by atoms with Gasteiger partial charge in [-0.25, -0.2) is 4.79 Å². The van der Waals surface area contributed by atoms with Crippen molar-refractivity contribution in [3.05, 3.63) is 0 Å². The summed E-state index contributed by atoms with van der Waals surface area (Å²) in [6.07, 6.45) is -3.07. The molecule has 0 aliphatic rings. The van der Waals surface area contributed by atoms with Gasteiger partial charge in [-0.1, -0.05) is 0 Å². The Balaban J connectivity index is 5.62. The van der Waals surface area contributed by atoms with E-state index in [1.165, 1.54) is 0 Å². The summed E-state index contributed by atoms with van der Waals surface area (Å²) in [6, 6.07) is -6.20. The van der Waals surface area contributed by atoms with Crippen molar-refractivity contribution in [1.82, 2.24) is 16.0 Å². The van der Waals surface area contributed by atoms with E-state index in [1.54, 1.807) is 0 Å². The zero-order valence-electron chi connectivity index (χ0n) is 19.5. The summed E-state index contributed by atoms with van der Waals surface area (Å²) in [5, 5.41) is 42.9. The number of aliphatic hydroxyl groups is 1. The molecule has 204 valence electrons. The van der Waals surface area contributed by atoms with E-state index in [9.17, 15) is 33.9 Å². The van der Waals surface area contributed by atoms with E-state index >= 15 is 0 Å². The van der Waals surface area contributed by atoms with Crippen molar-refractivity contribution < 1.29 is 49.2 Å². The largest absolute Gasteiger partial charge is 0.481 e. The van der Waals surface area contributed by atoms with Crippen molar-refractivity contribution in [2.45, 2.75) is 69.3 Å². The molecule has 0 aromatic carbocycles. The van der Waals surface area contributed by atoms with E-state index in [1.807, 2.05) is 5.32 Å². The minimum Gasteiger partial charge on any atom is -0.481 e. The first-order chi connectivity index (χ1) is 16.6. The monoisotopic (exact) mass is 519 g/mol. The average molecular weight is 520 g/mol. The lowest BCUT2D eigenvalue weighted by Gasteiger charge is -2.25. The summed E-state index contributed by atoms with van der Waals surface area (Å²) >= 11 is 0. The molecule has 17 nitrogen and oxygen atoms in total. The molecule has 0 aromatic rings. The molecule has 5 unspecified atom stereocenters. The van der Waals surface area contributed by atoms with Crippen LogP contribution in [0.3, 0.4) is 0 Å². The summed E-state index contributed by atoms with van der Waals surface area (Å²) in [4.78, 5) is 74.6. The van der Waals surface area contributed by atoms with Crippen LogP contribution in [0.2, 0.25) is 0 Å². The van der Waals surface area contributed by atoms with Gasteiger partial charge in [0.25, 0.3) is 0 Å². The lowest BCUT2D eigenvalue weighted by atomic mass is 10.1. The highest BCUT2D eigenvalue weighted by Gasteiger charge is 2.33. The number of nitrogens with zero attached hydrogens (tertiary/aromatic N) is 1. The molecule has 0 saturated heterocycles. The Bertz CT molecular complexity index is 844. The van der Waals surface area contributed by atoms with Crippen LogP contribution in [0.4, 0.5) is 0 Å². The number of carbonyl (C=O) groups excluding carboxylic acids is 3. The van der Waals surface area contributed by atoms with Crippen molar-refractivity contribution in [3.8, 4) is 0 Å². The summed E-state index contributed by atoms with van der Waals surface area (Å²) in [5.41, 5.74) is 16.1. The molecule has 0 spiro atoms. The maximum Gasteiger partial charge on any atom is 0.328 e. The van der Waals surface area contributed by atoms with Crippen molar-refractivity contribution in [2.75, 3.05) is 6.54 Å². The molecule has 0 radical (unpaired) electrons. The molecule has 0 aromatic heterocycles. The predicted octanol–water partition coefficient (Wildman–Crippen LogP) is -4.37. The number of hydrogen-bond donors (Lipinski definition) is 10. The van der Waals surface area contributed by atoms with Gasteiger partial charge in [0.2, 0.25) is 17.7 Å².